The fraction of sp³-hybridized carbons (Fsp3) is 0.273. The van der Waals surface area contributed by atoms with Gasteiger partial charge in [-0.05, 0) is 48.6 Å². The van der Waals surface area contributed by atoms with E-state index in [1.54, 1.807) is 18.5 Å². The van der Waals surface area contributed by atoms with Crippen molar-refractivity contribution in [2.75, 3.05) is 17.6 Å². The average molecular weight is 415 g/mol. The second-order valence-corrected chi connectivity index (χ2v) is 7.60. The van der Waals surface area contributed by atoms with E-state index in [1.807, 2.05) is 0 Å². The van der Waals surface area contributed by atoms with Gasteiger partial charge in [-0.15, -0.1) is 0 Å². The number of hydrogen-bond donors (Lipinski definition) is 2. The summed E-state index contributed by atoms with van der Waals surface area (Å²) in [6.07, 6.45) is 4.12. The third-order valence-electron chi connectivity index (χ3n) is 4.80. The van der Waals surface area contributed by atoms with Gasteiger partial charge in [0, 0.05) is 40.0 Å². The van der Waals surface area contributed by atoms with Gasteiger partial charge in [-0.3, -0.25) is 0 Å². The molecule has 3 rings (SSSR count). The number of nitrogen functional groups attached to an aromatic ring is 1. The van der Waals surface area contributed by atoms with Crippen LogP contribution >= 0.6 is 23.2 Å². The highest BCUT2D eigenvalue weighted by Gasteiger charge is 2.09. The summed E-state index contributed by atoms with van der Waals surface area (Å²) in [7, 11) is 0. The maximum atomic E-state index is 6.29. The predicted molar refractivity (Wildman–Crippen MR) is 118 cm³/mol. The zero-order valence-electron chi connectivity index (χ0n) is 16.1. The van der Waals surface area contributed by atoms with E-state index in [-0.39, 0.29) is 0 Å². The zero-order chi connectivity index (χ0) is 20.1. The molecule has 1 heterocycles. The Balaban J connectivity index is 1.60. The van der Waals surface area contributed by atoms with Crippen LogP contribution in [0.2, 0.25) is 10.0 Å². The highest BCUT2D eigenvalue weighted by atomic mass is 35.5. The fourth-order valence-electron chi connectivity index (χ4n) is 3.17. The van der Waals surface area contributed by atoms with Crippen LogP contribution in [0.15, 0.2) is 42.7 Å². The van der Waals surface area contributed by atoms with E-state index in [2.05, 4.69) is 53.4 Å². The Morgan fingerprint density at radius 1 is 1.00 bits per heavy atom. The number of nitrogens with one attached hydrogen (secondary N) is 1. The summed E-state index contributed by atoms with van der Waals surface area (Å²) in [5.74, 6) is 0.913. The van der Waals surface area contributed by atoms with Crippen LogP contribution in [0, 0.1) is 6.92 Å². The molecule has 3 aromatic rings. The Hall–Kier alpha value is -2.30. The first kappa shape index (κ1) is 20.4. The smallest absolute Gasteiger partial charge is 0.132 e. The van der Waals surface area contributed by atoms with Crippen molar-refractivity contribution in [1.29, 1.82) is 0 Å². The van der Waals surface area contributed by atoms with Gasteiger partial charge in [0.2, 0.25) is 0 Å². The molecule has 0 aliphatic carbocycles. The molecular weight excluding hydrogens is 391 g/mol. The lowest BCUT2D eigenvalue weighted by molar-refractivity contribution is 0.945. The summed E-state index contributed by atoms with van der Waals surface area (Å²) in [6.45, 7) is 4.98. The molecule has 0 spiro atoms. The third kappa shape index (κ3) is 4.94. The van der Waals surface area contributed by atoms with Crippen LogP contribution in [-0.4, -0.2) is 16.5 Å². The van der Waals surface area contributed by atoms with Gasteiger partial charge in [0.1, 0.15) is 12.1 Å². The highest BCUT2D eigenvalue weighted by Crippen LogP contribution is 2.30. The number of rotatable bonds is 7. The SMILES string of the molecule is CCc1ncnc(NCCc2ccc(Cc3c(Cl)cc(N)cc3Cl)cc2)c1C. The first-order valence-corrected chi connectivity index (χ1v) is 10.1. The Morgan fingerprint density at radius 3 is 2.29 bits per heavy atom. The van der Waals surface area contributed by atoms with Crippen molar-refractivity contribution in [2.45, 2.75) is 33.1 Å². The Kier molecular flexibility index (Phi) is 6.76. The van der Waals surface area contributed by atoms with Gasteiger partial charge in [-0.25, -0.2) is 9.97 Å². The van der Waals surface area contributed by atoms with Crippen molar-refractivity contribution >= 4 is 34.7 Å². The van der Waals surface area contributed by atoms with E-state index in [0.717, 1.165) is 47.6 Å². The minimum atomic E-state index is 0.576. The van der Waals surface area contributed by atoms with Crippen LogP contribution in [0.4, 0.5) is 11.5 Å². The summed E-state index contributed by atoms with van der Waals surface area (Å²) in [5, 5.41) is 4.62. The minimum absolute atomic E-state index is 0.576. The van der Waals surface area contributed by atoms with Crippen molar-refractivity contribution in [3.05, 3.63) is 80.7 Å². The van der Waals surface area contributed by atoms with Gasteiger partial charge in [0.05, 0.1) is 0 Å². The molecule has 6 heteroatoms. The van der Waals surface area contributed by atoms with Crippen molar-refractivity contribution in [2.24, 2.45) is 0 Å². The van der Waals surface area contributed by atoms with Gasteiger partial charge in [0.25, 0.3) is 0 Å². The summed E-state index contributed by atoms with van der Waals surface area (Å²) >= 11 is 12.6. The summed E-state index contributed by atoms with van der Waals surface area (Å²) < 4.78 is 0. The van der Waals surface area contributed by atoms with E-state index in [0.29, 0.717) is 22.2 Å². The van der Waals surface area contributed by atoms with E-state index in [1.165, 1.54) is 5.56 Å². The van der Waals surface area contributed by atoms with Crippen LogP contribution < -0.4 is 11.1 Å². The molecular formula is C22H24Cl2N4. The quantitative estimate of drug-likeness (QED) is 0.502. The monoisotopic (exact) mass is 414 g/mol. The molecule has 0 unspecified atom stereocenters. The molecule has 0 saturated heterocycles. The Morgan fingerprint density at radius 2 is 1.64 bits per heavy atom. The van der Waals surface area contributed by atoms with Gasteiger partial charge in [0.15, 0.2) is 0 Å². The van der Waals surface area contributed by atoms with Crippen molar-refractivity contribution in [1.82, 2.24) is 9.97 Å². The predicted octanol–water partition coefficient (Wildman–Crippen LogP) is 5.48. The van der Waals surface area contributed by atoms with E-state index in [9.17, 15) is 0 Å². The molecule has 3 N–H and O–H groups in total. The van der Waals surface area contributed by atoms with Crippen LogP contribution in [0.25, 0.3) is 0 Å². The number of aryl methyl sites for hydroxylation is 1. The lowest BCUT2D eigenvalue weighted by Crippen LogP contribution is -2.09. The molecule has 1 aromatic heterocycles. The molecule has 0 saturated carbocycles. The second-order valence-electron chi connectivity index (χ2n) is 6.78. The number of nitrogens with two attached hydrogens (primary N) is 1. The largest absolute Gasteiger partial charge is 0.399 e. The number of nitrogens with zero attached hydrogens (tertiary/aromatic N) is 2. The van der Waals surface area contributed by atoms with Crippen molar-refractivity contribution in [3.63, 3.8) is 0 Å². The number of halogens is 2. The molecule has 0 radical (unpaired) electrons. The fourth-order valence-corrected chi connectivity index (χ4v) is 3.80. The van der Waals surface area contributed by atoms with Crippen molar-refractivity contribution in [3.8, 4) is 0 Å². The van der Waals surface area contributed by atoms with Crippen LogP contribution in [0.1, 0.15) is 34.9 Å². The molecule has 28 heavy (non-hydrogen) atoms. The number of anilines is 2. The van der Waals surface area contributed by atoms with Gasteiger partial charge in [-0.2, -0.15) is 0 Å². The molecule has 146 valence electrons. The van der Waals surface area contributed by atoms with E-state index < -0.39 is 0 Å². The molecule has 0 aliphatic rings. The maximum absolute atomic E-state index is 6.29. The van der Waals surface area contributed by atoms with Crippen LogP contribution in [0.3, 0.4) is 0 Å². The normalized spacial score (nSPS) is 10.9. The lowest BCUT2D eigenvalue weighted by Gasteiger charge is -2.11. The first-order valence-electron chi connectivity index (χ1n) is 9.33. The van der Waals surface area contributed by atoms with Crippen molar-refractivity contribution < 1.29 is 0 Å². The Bertz CT molecular complexity index is 932. The number of aromatic nitrogens is 2. The Labute approximate surface area is 176 Å². The molecule has 0 aliphatic heterocycles. The van der Waals surface area contributed by atoms with Gasteiger partial charge >= 0.3 is 0 Å². The second kappa shape index (κ2) is 9.26. The number of benzene rings is 2. The standard InChI is InChI=1S/C22H24Cl2N4/c1-3-21-14(2)22(28-13-27-21)26-9-8-15-4-6-16(7-5-15)10-18-19(23)11-17(25)12-20(18)24/h4-7,11-13H,3,8-10,25H2,1-2H3,(H,26,27,28). The molecule has 0 atom stereocenters. The molecule has 0 amide bonds. The summed E-state index contributed by atoms with van der Waals surface area (Å²) in [4.78, 5) is 8.65. The van der Waals surface area contributed by atoms with Gasteiger partial charge < -0.3 is 11.1 Å². The van der Waals surface area contributed by atoms with E-state index in [4.69, 9.17) is 28.9 Å². The third-order valence-corrected chi connectivity index (χ3v) is 5.47. The topological polar surface area (TPSA) is 63.8 Å². The maximum Gasteiger partial charge on any atom is 0.132 e. The molecule has 4 nitrogen and oxygen atoms in total. The first-order chi connectivity index (χ1) is 13.5. The van der Waals surface area contributed by atoms with Gasteiger partial charge in [-0.1, -0.05) is 54.4 Å². The summed E-state index contributed by atoms with van der Waals surface area (Å²) in [5.41, 5.74) is 11.9. The minimum Gasteiger partial charge on any atom is -0.399 e. The molecule has 2 aromatic carbocycles. The average Bonchev–Trinajstić information content (AvgIpc) is 2.67. The van der Waals surface area contributed by atoms with E-state index >= 15 is 0 Å². The zero-order valence-corrected chi connectivity index (χ0v) is 17.6. The summed E-state index contributed by atoms with van der Waals surface area (Å²) in [6, 6.07) is 12.0. The number of hydrogen-bond acceptors (Lipinski definition) is 4. The van der Waals surface area contributed by atoms with Crippen LogP contribution in [-0.2, 0) is 19.3 Å². The molecule has 0 bridgehead atoms. The van der Waals surface area contributed by atoms with Crippen LogP contribution in [0.5, 0.6) is 0 Å². The molecule has 0 fully saturated rings. The lowest BCUT2D eigenvalue weighted by atomic mass is 10.0. The highest BCUT2D eigenvalue weighted by molar-refractivity contribution is 6.36.